The van der Waals surface area contributed by atoms with Crippen LogP contribution in [0.25, 0.3) is 10.9 Å². The highest BCUT2D eigenvalue weighted by molar-refractivity contribution is 5.82. The average molecular weight is 271 g/mol. The summed E-state index contributed by atoms with van der Waals surface area (Å²) in [6.45, 7) is 3.37. The molecule has 2 aromatic heterocycles. The highest BCUT2D eigenvalue weighted by Gasteiger charge is 2.10. The first kappa shape index (κ1) is 12.3. The van der Waals surface area contributed by atoms with Crippen LogP contribution in [0.1, 0.15) is 12.7 Å². The molecule has 7 heteroatoms. The standard InChI is InChI=1S/C13H13N5O2/c1-2-17-13(14-9-15-17)8-16-6-5-10-7-11(18(19)20)3-4-12(10)16/h3-7,9H,2,8H2,1H3. The minimum absolute atomic E-state index is 0.104. The molecular weight excluding hydrogens is 258 g/mol. The summed E-state index contributed by atoms with van der Waals surface area (Å²) in [4.78, 5) is 14.6. The van der Waals surface area contributed by atoms with Crippen molar-refractivity contribution >= 4 is 16.6 Å². The fourth-order valence-electron chi connectivity index (χ4n) is 2.27. The number of nitrogens with zero attached hydrogens (tertiary/aromatic N) is 5. The van der Waals surface area contributed by atoms with Gasteiger partial charge in [0.25, 0.3) is 5.69 Å². The lowest BCUT2D eigenvalue weighted by atomic mass is 10.2. The SMILES string of the molecule is CCn1ncnc1Cn1ccc2cc([N+](=O)[O-])ccc21. The lowest BCUT2D eigenvalue weighted by Gasteiger charge is -2.06. The molecule has 0 unspecified atom stereocenters. The van der Waals surface area contributed by atoms with Gasteiger partial charge < -0.3 is 4.57 Å². The van der Waals surface area contributed by atoms with Gasteiger partial charge in [-0.15, -0.1) is 0 Å². The molecule has 0 bridgehead atoms. The van der Waals surface area contributed by atoms with E-state index in [0.717, 1.165) is 23.3 Å². The van der Waals surface area contributed by atoms with Crippen LogP contribution in [0.4, 0.5) is 5.69 Å². The van der Waals surface area contributed by atoms with Crippen LogP contribution in [0.15, 0.2) is 36.8 Å². The molecule has 2 heterocycles. The summed E-state index contributed by atoms with van der Waals surface area (Å²) in [5.74, 6) is 0.864. The van der Waals surface area contributed by atoms with E-state index in [2.05, 4.69) is 10.1 Å². The fourth-order valence-corrected chi connectivity index (χ4v) is 2.27. The minimum Gasteiger partial charge on any atom is -0.340 e. The van der Waals surface area contributed by atoms with Crippen LogP contribution in [0.2, 0.25) is 0 Å². The van der Waals surface area contributed by atoms with E-state index in [-0.39, 0.29) is 10.6 Å². The summed E-state index contributed by atoms with van der Waals surface area (Å²) in [6, 6.07) is 6.73. The van der Waals surface area contributed by atoms with Gasteiger partial charge in [0, 0.05) is 35.8 Å². The zero-order valence-electron chi connectivity index (χ0n) is 10.9. The molecule has 0 fully saturated rings. The second kappa shape index (κ2) is 4.76. The van der Waals surface area contributed by atoms with E-state index >= 15 is 0 Å². The number of aromatic nitrogens is 4. The van der Waals surface area contributed by atoms with Gasteiger partial charge in [0.05, 0.1) is 11.5 Å². The third-order valence-corrected chi connectivity index (χ3v) is 3.27. The number of hydrogen-bond acceptors (Lipinski definition) is 4. The number of non-ortho nitro benzene ring substituents is 1. The lowest BCUT2D eigenvalue weighted by Crippen LogP contribution is -2.08. The third-order valence-electron chi connectivity index (χ3n) is 3.27. The van der Waals surface area contributed by atoms with Crippen molar-refractivity contribution in [3.63, 3.8) is 0 Å². The van der Waals surface area contributed by atoms with Crippen molar-refractivity contribution < 1.29 is 4.92 Å². The maximum atomic E-state index is 10.8. The van der Waals surface area contributed by atoms with E-state index in [4.69, 9.17) is 0 Å². The number of rotatable bonds is 4. The molecule has 0 radical (unpaired) electrons. The number of nitro benzene ring substituents is 1. The second-order valence-corrected chi connectivity index (χ2v) is 4.44. The average Bonchev–Trinajstić information content (AvgIpc) is 3.05. The molecule has 7 nitrogen and oxygen atoms in total. The molecule has 0 saturated carbocycles. The number of aryl methyl sites for hydroxylation is 1. The molecule has 3 rings (SSSR count). The Morgan fingerprint density at radius 2 is 2.20 bits per heavy atom. The van der Waals surface area contributed by atoms with E-state index in [9.17, 15) is 10.1 Å². The summed E-state index contributed by atoms with van der Waals surface area (Å²) in [5, 5.41) is 15.8. The molecule has 0 aliphatic heterocycles. The summed E-state index contributed by atoms with van der Waals surface area (Å²) in [5.41, 5.74) is 1.05. The van der Waals surface area contributed by atoms with Crippen LogP contribution < -0.4 is 0 Å². The fraction of sp³-hybridized carbons (Fsp3) is 0.231. The van der Waals surface area contributed by atoms with Crippen molar-refractivity contribution in [3.8, 4) is 0 Å². The molecule has 0 aliphatic rings. The molecule has 0 aliphatic carbocycles. The quantitative estimate of drug-likeness (QED) is 0.538. The van der Waals surface area contributed by atoms with E-state index in [1.165, 1.54) is 12.4 Å². The smallest absolute Gasteiger partial charge is 0.270 e. The summed E-state index contributed by atoms with van der Waals surface area (Å²) in [6.07, 6.45) is 3.44. The van der Waals surface area contributed by atoms with Gasteiger partial charge >= 0.3 is 0 Å². The van der Waals surface area contributed by atoms with Crippen LogP contribution in [0.3, 0.4) is 0 Å². The van der Waals surface area contributed by atoms with Gasteiger partial charge in [-0.2, -0.15) is 5.10 Å². The van der Waals surface area contributed by atoms with Crippen LogP contribution in [-0.4, -0.2) is 24.3 Å². The number of fused-ring (bicyclic) bond motifs is 1. The normalized spacial score (nSPS) is 11.1. The van der Waals surface area contributed by atoms with Crippen molar-refractivity contribution in [2.24, 2.45) is 0 Å². The first-order chi connectivity index (χ1) is 9.69. The van der Waals surface area contributed by atoms with E-state index < -0.39 is 0 Å². The molecule has 20 heavy (non-hydrogen) atoms. The molecular formula is C13H13N5O2. The highest BCUT2D eigenvalue weighted by Crippen LogP contribution is 2.22. The maximum absolute atomic E-state index is 10.8. The van der Waals surface area contributed by atoms with Gasteiger partial charge in [-0.05, 0) is 19.1 Å². The maximum Gasteiger partial charge on any atom is 0.270 e. The first-order valence-electron chi connectivity index (χ1n) is 6.29. The van der Waals surface area contributed by atoms with Crippen LogP contribution in [0, 0.1) is 10.1 Å². The van der Waals surface area contributed by atoms with Crippen molar-refractivity contribution in [2.75, 3.05) is 0 Å². The topological polar surface area (TPSA) is 78.8 Å². The Balaban J connectivity index is 1.99. The Kier molecular flexibility index (Phi) is 2.94. The lowest BCUT2D eigenvalue weighted by molar-refractivity contribution is -0.384. The van der Waals surface area contributed by atoms with Crippen molar-refractivity contribution in [1.29, 1.82) is 0 Å². The number of benzene rings is 1. The zero-order valence-corrected chi connectivity index (χ0v) is 10.9. The highest BCUT2D eigenvalue weighted by atomic mass is 16.6. The molecule has 3 aromatic rings. The minimum atomic E-state index is -0.384. The van der Waals surface area contributed by atoms with Gasteiger partial charge in [-0.25, -0.2) is 9.67 Å². The zero-order chi connectivity index (χ0) is 14.1. The molecule has 0 spiro atoms. The monoisotopic (exact) mass is 271 g/mol. The molecule has 0 atom stereocenters. The van der Waals surface area contributed by atoms with E-state index in [0.29, 0.717) is 6.54 Å². The summed E-state index contributed by atoms with van der Waals surface area (Å²) in [7, 11) is 0. The van der Waals surface area contributed by atoms with Gasteiger partial charge in [0.1, 0.15) is 12.2 Å². The van der Waals surface area contributed by atoms with Crippen molar-refractivity contribution in [3.05, 3.63) is 52.7 Å². The van der Waals surface area contributed by atoms with Crippen molar-refractivity contribution in [1.82, 2.24) is 19.3 Å². The molecule has 0 saturated heterocycles. The van der Waals surface area contributed by atoms with Gasteiger partial charge in [-0.1, -0.05) is 0 Å². The Bertz CT molecular complexity index is 774. The van der Waals surface area contributed by atoms with Gasteiger partial charge in [-0.3, -0.25) is 10.1 Å². The second-order valence-electron chi connectivity index (χ2n) is 4.44. The summed E-state index contributed by atoms with van der Waals surface area (Å²) < 4.78 is 3.84. The Morgan fingerprint density at radius 3 is 2.95 bits per heavy atom. The van der Waals surface area contributed by atoms with E-state index in [1.54, 1.807) is 12.1 Å². The Morgan fingerprint density at radius 1 is 1.35 bits per heavy atom. The Hall–Kier alpha value is -2.70. The third kappa shape index (κ3) is 2.03. The molecule has 0 N–H and O–H groups in total. The van der Waals surface area contributed by atoms with E-state index in [1.807, 2.05) is 28.4 Å². The first-order valence-corrected chi connectivity index (χ1v) is 6.29. The van der Waals surface area contributed by atoms with Crippen LogP contribution in [-0.2, 0) is 13.1 Å². The number of nitro groups is 1. The Labute approximate surface area is 114 Å². The van der Waals surface area contributed by atoms with Gasteiger partial charge in [0.15, 0.2) is 0 Å². The summed E-state index contributed by atoms with van der Waals surface area (Å²) >= 11 is 0. The largest absolute Gasteiger partial charge is 0.340 e. The predicted octanol–water partition coefficient (Wildman–Crippen LogP) is 2.21. The van der Waals surface area contributed by atoms with Crippen molar-refractivity contribution in [2.45, 2.75) is 20.0 Å². The van der Waals surface area contributed by atoms with Crippen LogP contribution in [0.5, 0.6) is 0 Å². The number of hydrogen-bond donors (Lipinski definition) is 0. The molecule has 1 aromatic carbocycles. The molecule has 102 valence electrons. The molecule has 0 amide bonds. The van der Waals surface area contributed by atoms with Gasteiger partial charge in [0.2, 0.25) is 0 Å². The predicted molar refractivity (Wildman–Crippen MR) is 73.4 cm³/mol. The van der Waals surface area contributed by atoms with Crippen LogP contribution >= 0.6 is 0 Å².